The van der Waals surface area contributed by atoms with Crippen LogP contribution in [0.3, 0.4) is 0 Å². The molecule has 0 aromatic carbocycles. The number of alkyl halides is 1. The van der Waals surface area contributed by atoms with Crippen molar-refractivity contribution in [3.63, 3.8) is 0 Å². The van der Waals surface area contributed by atoms with Crippen LogP contribution in [0.15, 0.2) is 0 Å². The van der Waals surface area contributed by atoms with Crippen molar-refractivity contribution in [1.82, 2.24) is 3.53 Å². The van der Waals surface area contributed by atoms with Gasteiger partial charge in [0.1, 0.15) is 0 Å². The first-order chi connectivity index (χ1) is 2.77. The van der Waals surface area contributed by atoms with Crippen LogP contribution in [-0.4, -0.2) is 11.0 Å². The molecule has 0 aliphatic rings. The van der Waals surface area contributed by atoms with Crippen LogP contribution in [0, 0.1) is 0 Å². The van der Waals surface area contributed by atoms with Gasteiger partial charge < -0.3 is 0 Å². The molecule has 0 spiro atoms. The molecule has 0 bridgehead atoms. The quantitative estimate of drug-likeness (QED) is 0.298. The predicted octanol–water partition coefficient (Wildman–Crippen LogP) is -2.38. The zero-order chi connectivity index (χ0) is 4.99. The summed E-state index contributed by atoms with van der Waals surface area (Å²) in [5.41, 5.74) is 0. The van der Waals surface area contributed by atoms with Gasteiger partial charge in [-0.15, -0.1) is 0 Å². The molecule has 1 N–H and O–H groups in total. The van der Waals surface area contributed by atoms with Crippen LogP contribution in [-0.2, 0) is 0 Å². The maximum absolute atomic E-state index is 3.18. The first-order valence-electron chi connectivity index (χ1n) is 2.06. The van der Waals surface area contributed by atoms with E-state index in [4.69, 9.17) is 0 Å². The normalized spacial score (nSPS) is 10.7. The molecule has 0 saturated carbocycles. The number of hydrogen-bond acceptors (Lipinski definition) is 1. The fourth-order valence-electron chi connectivity index (χ4n) is 0.218. The van der Waals surface area contributed by atoms with E-state index >= 15 is 0 Å². The second kappa shape index (κ2) is 3.87. The predicted molar refractivity (Wildman–Crippen MR) is 24.2 cm³/mol. The molecule has 6 heavy (non-hydrogen) atoms. The van der Waals surface area contributed by atoms with Gasteiger partial charge in [-0.3, -0.25) is 0 Å². The Balaban J connectivity index is 2.63. The van der Waals surface area contributed by atoms with Crippen LogP contribution >= 0.6 is 0 Å². The summed E-state index contributed by atoms with van der Waals surface area (Å²) in [6.07, 6.45) is 0. The van der Waals surface area contributed by atoms with Crippen LogP contribution in [0.1, 0.15) is 13.8 Å². The molecule has 0 fully saturated rings. The molecule has 0 atom stereocenters. The number of nitrogens with one attached hydrogen (secondary N) is 1. The number of rotatable bonds is 2. The molecular formula is C4H11IN-. The number of hydrogen-bond donors (Lipinski definition) is 1. The Morgan fingerprint density at radius 2 is 2.00 bits per heavy atom. The van der Waals surface area contributed by atoms with Crippen molar-refractivity contribution in [2.24, 2.45) is 0 Å². The Hall–Kier alpha value is 0.690. The van der Waals surface area contributed by atoms with Crippen molar-refractivity contribution in [1.29, 1.82) is 0 Å². The summed E-state index contributed by atoms with van der Waals surface area (Å²) < 4.78 is 4.07. The van der Waals surface area contributed by atoms with Crippen molar-refractivity contribution < 1.29 is 21.5 Å². The Bertz CT molecular complexity index is 28.7. The molecule has 0 aromatic rings. The molecule has 0 radical (unpaired) electrons. The van der Waals surface area contributed by atoms with E-state index in [-0.39, 0.29) is 0 Å². The molecule has 40 valence electrons. The van der Waals surface area contributed by atoms with Crippen LogP contribution in [0.4, 0.5) is 0 Å². The van der Waals surface area contributed by atoms with Gasteiger partial charge in [-0.05, 0) is 0 Å². The van der Waals surface area contributed by atoms with Crippen molar-refractivity contribution in [2.75, 3.05) is 7.05 Å². The van der Waals surface area contributed by atoms with E-state index in [2.05, 4.69) is 17.4 Å². The third-order valence-electron chi connectivity index (χ3n) is 0.327. The molecule has 0 aliphatic heterocycles. The van der Waals surface area contributed by atoms with Crippen molar-refractivity contribution in [2.45, 2.75) is 17.8 Å². The second-order valence-corrected chi connectivity index (χ2v) is 5.50. The summed E-state index contributed by atoms with van der Waals surface area (Å²) in [4.78, 5) is 0. The fourth-order valence-corrected chi connectivity index (χ4v) is 1.46. The standard InChI is InChI=1S/C4H11IN/c1-4(2)5-6-3/h4,6H,1-3H3/q-1. The monoisotopic (exact) mass is 200 g/mol. The third-order valence-corrected chi connectivity index (χ3v) is 2.20. The van der Waals surface area contributed by atoms with E-state index in [0.29, 0.717) is 21.5 Å². The third kappa shape index (κ3) is 4.69. The summed E-state index contributed by atoms with van der Waals surface area (Å²) >= 11 is 0.318. The van der Waals surface area contributed by atoms with Gasteiger partial charge >= 0.3 is 49.8 Å². The summed E-state index contributed by atoms with van der Waals surface area (Å²) in [5, 5.41) is 0. The Morgan fingerprint density at radius 1 is 1.50 bits per heavy atom. The van der Waals surface area contributed by atoms with Gasteiger partial charge in [0.05, 0.1) is 0 Å². The van der Waals surface area contributed by atoms with Gasteiger partial charge in [0.2, 0.25) is 0 Å². The minimum atomic E-state index is 0.318. The Morgan fingerprint density at radius 3 is 2.00 bits per heavy atom. The van der Waals surface area contributed by atoms with Crippen molar-refractivity contribution >= 4 is 0 Å². The molecule has 0 saturated heterocycles. The summed E-state index contributed by atoms with van der Waals surface area (Å²) in [6, 6.07) is 0. The summed E-state index contributed by atoms with van der Waals surface area (Å²) in [7, 11) is 2.02. The molecular weight excluding hydrogens is 189 g/mol. The molecule has 0 heterocycles. The van der Waals surface area contributed by atoms with Gasteiger partial charge in [-0.25, -0.2) is 0 Å². The van der Waals surface area contributed by atoms with E-state index < -0.39 is 0 Å². The van der Waals surface area contributed by atoms with E-state index in [1.807, 2.05) is 7.05 Å². The maximum atomic E-state index is 3.18. The molecule has 0 aliphatic carbocycles. The van der Waals surface area contributed by atoms with Crippen LogP contribution in [0.25, 0.3) is 0 Å². The van der Waals surface area contributed by atoms with Crippen LogP contribution in [0.2, 0.25) is 0 Å². The van der Waals surface area contributed by atoms with Gasteiger partial charge in [-0.2, -0.15) is 0 Å². The Labute approximate surface area is 50.1 Å². The van der Waals surface area contributed by atoms with Crippen LogP contribution < -0.4 is 25.0 Å². The minimum absolute atomic E-state index is 0.318. The molecule has 0 aromatic heterocycles. The average Bonchev–Trinajstić information content (AvgIpc) is 1.35. The molecule has 0 rings (SSSR count). The first kappa shape index (κ1) is 6.69. The van der Waals surface area contributed by atoms with E-state index in [1.54, 1.807) is 0 Å². The Kier molecular flexibility index (Phi) is 4.31. The van der Waals surface area contributed by atoms with E-state index in [0.717, 1.165) is 3.92 Å². The molecule has 2 heteroatoms. The zero-order valence-corrected chi connectivity index (χ0v) is 6.61. The molecule has 1 nitrogen and oxygen atoms in total. The van der Waals surface area contributed by atoms with Crippen molar-refractivity contribution in [3.8, 4) is 0 Å². The van der Waals surface area contributed by atoms with Crippen molar-refractivity contribution in [3.05, 3.63) is 0 Å². The SMILES string of the molecule is CN[I-]C(C)C. The van der Waals surface area contributed by atoms with Gasteiger partial charge in [0.25, 0.3) is 0 Å². The van der Waals surface area contributed by atoms with Gasteiger partial charge in [-0.1, -0.05) is 0 Å². The molecule has 0 unspecified atom stereocenters. The van der Waals surface area contributed by atoms with Gasteiger partial charge in [0.15, 0.2) is 0 Å². The second-order valence-electron chi connectivity index (χ2n) is 1.31. The first-order valence-corrected chi connectivity index (χ1v) is 4.39. The van der Waals surface area contributed by atoms with Crippen LogP contribution in [0.5, 0.6) is 0 Å². The van der Waals surface area contributed by atoms with E-state index in [1.165, 1.54) is 0 Å². The van der Waals surface area contributed by atoms with Gasteiger partial charge in [0, 0.05) is 0 Å². The average molecular weight is 200 g/mol. The topological polar surface area (TPSA) is 12.0 Å². The number of halogens is 1. The zero-order valence-electron chi connectivity index (χ0n) is 4.46. The summed E-state index contributed by atoms with van der Waals surface area (Å²) in [6.45, 7) is 4.48. The molecule has 0 amide bonds. The van der Waals surface area contributed by atoms with E-state index in [9.17, 15) is 0 Å². The fraction of sp³-hybridized carbons (Fsp3) is 1.00. The summed E-state index contributed by atoms with van der Waals surface area (Å²) in [5.74, 6) is 0.